The van der Waals surface area contributed by atoms with Gasteiger partial charge >= 0.3 is 0 Å². The second-order valence-corrected chi connectivity index (χ2v) is 8.33. The molecule has 2 aromatic heterocycles. The maximum absolute atomic E-state index is 6.32. The number of rotatable bonds is 5. The average molecular weight is 405 g/mol. The largest absolute Gasteiger partial charge is 0.366 e. The number of ether oxygens (including phenoxy) is 1. The molecule has 0 amide bonds. The molecule has 0 saturated carbocycles. The van der Waals surface area contributed by atoms with E-state index >= 15 is 0 Å². The summed E-state index contributed by atoms with van der Waals surface area (Å²) in [6.45, 7) is 7.70. The van der Waals surface area contributed by atoms with Crippen molar-refractivity contribution in [1.82, 2.24) is 19.6 Å². The van der Waals surface area contributed by atoms with Gasteiger partial charge in [0.1, 0.15) is 25.7 Å². The van der Waals surface area contributed by atoms with Crippen molar-refractivity contribution in [3.63, 3.8) is 0 Å². The lowest BCUT2D eigenvalue weighted by Crippen LogP contribution is -3.13. The lowest BCUT2D eigenvalue weighted by molar-refractivity contribution is -0.924. The zero-order valence-electron chi connectivity index (χ0n) is 15.5. The van der Waals surface area contributed by atoms with Crippen LogP contribution in [0, 0.1) is 13.8 Å². The fourth-order valence-electron chi connectivity index (χ4n) is 3.49. The van der Waals surface area contributed by atoms with Gasteiger partial charge in [0.05, 0.1) is 6.61 Å². The predicted molar refractivity (Wildman–Crippen MR) is 107 cm³/mol. The molecule has 27 heavy (non-hydrogen) atoms. The average Bonchev–Trinajstić information content (AvgIpc) is 3.05. The number of benzene rings is 1. The van der Waals surface area contributed by atoms with Gasteiger partial charge < -0.3 is 9.64 Å². The van der Waals surface area contributed by atoms with Crippen LogP contribution in [0.5, 0.6) is 0 Å². The van der Waals surface area contributed by atoms with Crippen LogP contribution >= 0.6 is 23.4 Å². The maximum atomic E-state index is 6.32. The van der Waals surface area contributed by atoms with E-state index in [1.165, 1.54) is 10.5 Å². The van der Waals surface area contributed by atoms with Crippen LogP contribution in [0.3, 0.4) is 0 Å². The Hall–Kier alpha value is -1.67. The minimum Gasteiger partial charge on any atom is -0.366 e. The number of thioether (sulfide) groups is 1. The summed E-state index contributed by atoms with van der Waals surface area (Å²) < 4.78 is 8.00. The van der Waals surface area contributed by atoms with E-state index in [0.29, 0.717) is 5.78 Å². The number of morpholine rings is 1. The Bertz CT molecular complexity index is 947. The van der Waals surface area contributed by atoms with Crippen molar-refractivity contribution in [1.29, 1.82) is 0 Å². The molecule has 142 valence electrons. The molecule has 1 saturated heterocycles. The Labute approximate surface area is 167 Å². The third-order valence-electron chi connectivity index (χ3n) is 4.79. The minimum atomic E-state index is 0.187. The quantitative estimate of drug-likeness (QED) is 0.659. The van der Waals surface area contributed by atoms with Crippen LogP contribution in [0.2, 0.25) is 5.02 Å². The molecule has 3 heterocycles. The Balaban J connectivity index is 1.39. The van der Waals surface area contributed by atoms with Crippen LogP contribution in [-0.2, 0) is 11.3 Å². The first kappa shape index (κ1) is 18.7. The highest BCUT2D eigenvalue weighted by molar-refractivity contribution is 7.99. The van der Waals surface area contributed by atoms with E-state index in [9.17, 15) is 0 Å². The summed E-state index contributed by atoms with van der Waals surface area (Å²) in [5, 5.41) is 10.2. The molecule has 6 nitrogen and oxygen atoms in total. The summed E-state index contributed by atoms with van der Waals surface area (Å²) in [6.07, 6.45) is 0.187. The van der Waals surface area contributed by atoms with Crippen LogP contribution in [0.1, 0.15) is 17.0 Å². The first-order valence-electron chi connectivity index (χ1n) is 9.11. The molecule has 0 radical (unpaired) electrons. The Morgan fingerprint density at radius 3 is 3.00 bits per heavy atom. The molecule has 1 aliphatic rings. The van der Waals surface area contributed by atoms with Gasteiger partial charge in [0, 0.05) is 27.7 Å². The number of nitrogens with zero attached hydrogens (tertiary/aromatic N) is 4. The van der Waals surface area contributed by atoms with Crippen molar-refractivity contribution < 1.29 is 9.64 Å². The lowest BCUT2D eigenvalue weighted by atomic mass is 10.2. The molecule has 1 aromatic carbocycles. The number of fused-ring (bicyclic) bond motifs is 1. The summed E-state index contributed by atoms with van der Waals surface area (Å²) in [5.74, 6) is 1.51. The summed E-state index contributed by atoms with van der Waals surface area (Å²) in [4.78, 5) is 5.95. The van der Waals surface area contributed by atoms with E-state index in [4.69, 9.17) is 16.3 Å². The fourth-order valence-corrected chi connectivity index (χ4v) is 4.70. The minimum absolute atomic E-state index is 0.187. The van der Waals surface area contributed by atoms with Crippen molar-refractivity contribution >= 4 is 29.1 Å². The van der Waals surface area contributed by atoms with Crippen molar-refractivity contribution in [2.75, 3.05) is 25.4 Å². The fraction of sp³-hybridized carbons (Fsp3) is 0.421. The zero-order chi connectivity index (χ0) is 18.8. The van der Waals surface area contributed by atoms with Crippen LogP contribution in [0.15, 0.2) is 35.5 Å². The Morgan fingerprint density at radius 2 is 2.15 bits per heavy atom. The molecule has 1 aliphatic heterocycles. The summed E-state index contributed by atoms with van der Waals surface area (Å²) in [6, 6.07) is 10.1. The first-order valence-corrected chi connectivity index (χ1v) is 10.5. The first-order chi connectivity index (χ1) is 13.1. The van der Waals surface area contributed by atoms with E-state index < -0.39 is 0 Å². The molecule has 0 aliphatic carbocycles. The Kier molecular flexibility index (Phi) is 5.63. The van der Waals surface area contributed by atoms with Crippen molar-refractivity contribution in [3.8, 4) is 0 Å². The Morgan fingerprint density at radius 1 is 1.30 bits per heavy atom. The number of nitrogens with one attached hydrogen (secondary N) is 1. The van der Waals surface area contributed by atoms with Gasteiger partial charge in [-0.15, -0.1) is 10.2 Å². The molecule has 3 aromatic rings. The molecule has 0 bridgehead atoms. The van der Waals surface area contributed by atoms with E-state index in [1.807, 2.05) is 35.6 Å². The standard InChI is InChI=1S/C19H22ClN5OS/c1-13-9-14(2)25-18(21-13)22-23-19(25)27-12-16-11-24(7-8-26-16)10-15-5-3-4-6-17(15)20/h3-6,9,16H,7-8,10-12H2,1-2H3/p+1/t16-/m0/s1. The zero-order valence-corrected chi connectivity index (χ0v) is 17.1. The van der Waals surface area contributed by atoms with Gasteiger partial charge in [0.15, 0.2) is 5.16 Å². The smallest absolute Gasteiger partial charge is 0.256 e. The molecular weight excluding hydrogens is 382 g/mol. The molecule has 0 spiro atoms. The highest BCUT2D eigenvalue weighted by Gasteiger charge is 2.25. The number of hydrogen-bond acceptors (Lipinski definition) is 5. The molecule has 8 heteroatoms. The number of quaternary nitrogens is 1. The van der Waals surface area contributed by atoms with E-state index in [2.05, 4.69) is 28.2 Å². The third kappa shape index (κ3) is 4.27. The topological polar surface area (TPSA) is 56.8 Å². The monoisotopic (exact) mass is 404 g/mol. The van der Waals surface area contributed by atoms with Crippen LogP contribution in [-0.4, -0.2) is 51.1 Å². The van der Waals surface area contributed by atoms with E-state index in [0.717, 1.165) is 53.6 Å². The highest BCUT2D eigenvalue weighted by Crippen LogP contribution is 2.20. The summed E-state index contributed by atoms with van der Waals surface area (Å²) in [5.41, 5.74) is 3.25. The van der Waals surface area contributed by atoms with Gasteiger partial charge in [-0.2, -0.15) is 0 Å². The van der Waals surface area contributed by atoms with Crippen LogP contribution in [0.4, 0.5) is 0 Å². The number of aromatic nitrogens is 4. The van der Waals surface area contributed by atoms with Crippen LogP contribution in [0.25, 0.3) is 5.78 Å². The summed E-state index contributed by atoms with van der Waals surface area (Å²) >= 11 is 8.00. The van der Waals surface area contributed by atoms with Crippen molar-refractivity contribution in [2.45, 2.75) is 31.7 Å². The van der Waals surface area contributed by atoms with Crippen molar-refractivity contribution in [2.24, 2.45) is 0 Å². The SMILES string of the molecule is Cc1cc(C)n2c(SC[C@@H]3C[NH+](Cc4ccccc4Cl)CCO3)nnc2n1. The number of hydrogen-bond donors (Lipinski definition) is 1. The molecule has 1 N–H and O–H groups in total. The molecule has 1 fully saturated rings. The number of halogens is 1. The second kappa shape index (κ2) is 8.14. The summed E-state index contributed by atoms with van der Waals surface area (Å²) in [7, 11) is 0. The van der Waals surface area contributed by atoms with E-state index in [-0.39, 0.29) is 6.10 Å². The van der Waals surface area contributed by atoms with Gasteiger partial charge in [-0.05, 0) is 26.0 Å². The molecule has 1 unspecified atom stereocenters. The van der Waals surface area contributed by atoms with Gasteiger partial charge in [0.2, 0.25) is 0 Å². The lowest BCUT2D eigenvalue weighted by Gasteiger charge is -2.30. The van der Waals surface area contributed by atoms with Crippen LogP contribution < -0.4 is 4.90 Å². The van der Waals surface area contributed by atoms with Gasteiger partial charge in [0.25, 0.3) is 5.78 Å². The maximum Gasteiger partial charge on any atom is 0.256 e. The van der Waals surface area contributed by atoms with Gasteiger partial charge in [-0.1, -0.05) is 41.6 Å². The van der Waals surface area contributed by atoms with Crippen molar-refractivity contribution in [3.05, 3.63) is 52.3 Å². The molecule has 2 atom stereocenters. The van der Waals surface area contributed by atoms with E-state index in [1.54, 1.807) is 11.8 Å². The molecule has 4 rings (SSSR count). The highest BCUT2D eigenvalue weighted by atomic mass is 35.5. The van der Waals surface area contributed by atoms with Gasteiger partial charge in [-0.3, -0.25) is 4.40 Å². The normalized spacial score (nSPS) is 20.3. The number of aryl methyl sites for hydroxylation is 2. The second-order valence-electron chi connectivity index (χ2n) is 6.93. The molecular formula is C19H23ClN5OS+. The van der Waals surface area contributed by atoms with Gasteiger partial charge in [-0.25, -0.2) is 4.98 Å². The third-order valence-corrected chi connectivity index (χ3v) is 6.21. The predicted octanol–water partition coefficient (Wildman–Crippen LogP) is 1.97.